The molecule has 2 heterocycles. The SMILES string of the molecule is O=C(O)[C@H]1Cc2ccccc2CN1C(=O)CN1C(=O)CSc2ccccc21. The fourth-order valence-corrected chi connectivity index (χ4v) is 4.49. The Morgan fingerprint density at radius 3 is 2.56 bits per heavy atom. The number of hydrogen-bond acceptors (Lipinski definition) is 4. The normalized spacial score (nSPS) is 18.7. The molecule has 2 aromatic carbocycles. The summed E-state index contributed by atoms with van der Waals surface area (Å²) >= 11 is 1.45. The molecule has 0 saturated heterocycles. The highest BCUT2D eigenvalue weighted by molar-refractivity contribution is 8.00. The third-order valence-corrected chi connectivity index (χ3v) is 6.00. The summed E-state index contributed by atoms with van der Waals surface area (Å²) in [4.78, 5) is 41.0. The van der Waals surface area contributed by atoms with Gasteiger partial charge in [-0.15, -0.1) is 11.8 Å². The Morgan fingerprint density at radius 1 is 1.07 bits per heavy atom. The number of anilines is 1. The van der Waals surface area contributed by atoms with Crippen molar-refractivity contribution >= 4 is 35.2 Å². The van der Waals surface area contributed by atoms with Crippen LogP contribution in [0.15, 0.2) is 53.4 Å². The second-order valence-electron chi connectivity index (χ2n) is 6.58. The van der Waals surface area contributed by atoms with Crippen LogP contribution in [0.2, 0.25) is 0 Å². The average Bonchev–Trinajstić information content (AvgIpc) is 2.69. The molecule has 4 rings (SSSR count). The molecule has 0 radical (unpaired) electrons. The van der Waals surface area contributed by atoms with E-state index in [1.807, 2.05) is 48.5 Å². The van der Waals surface area contributed by atoms with E-state index in [-0.39, 0.29) is 37.1 Å². The number of thioether (sulfide) groups is 1. The minimum atomic E-state index is -1.03. The number of hydrogen-bond donors (Lipinski definition) is 1. The van der Waals surface area contributed by atoms with Crippen LogP contribution < -0.4 is 4.90 Å². The number of carbonyl (C=O) groups excluding carboxylic acids is 2. The van der Waals surface area contributed by atoms with Crippen LogP contribution in [-0.2, 0) is 27.3 Å². The number of rotatable bonds is 3. The molecular formula is C20H18N2O4S. The summed E-state index contributed by atoms with van der Waals surface area (Å²) in [5, 5.41) is 9.62. The first-order valence-electron chi connectivity index (χ1n) is 8.66. The van der Waals surface area contributed by atoms with E-state index in [9.17, 15) is 19.5 Å². The minimum absolute atomic E-state index is 0.142. The van der Waals surface area contributed by atoms with Crippen LogP contribution in [0.5, 0.6) is 0 Å². The molecule has 27 heavy (non-hydrogen) atoms. The standard InChI is InChI=1S/C20H18N2O4S/c23-18(11-22-15-7-3-4-8-17(15)27-12-19(22)24)21-10-14-6-2-1-5-13(14)9-16(21)20(25)26/h1-8,16H,9-12H2,(H,25,26)/t16-/m1/s1. The van der Waals surface area contributed by atoms with Gasteiger partial charge in [-0.25, -0.2) is 4.79 Å². The number of carboxylic acids is 1. The van der Waals surface area contributed by atoms with Gasteiger partial charge in [0.05, 0.1) is 11.4 Å². The quantitative estimate of drug-likeness (QED) is 0.880. The monoisotopic (exact) mass is 382 g/mol. The zero-order chi connectivity index (χ0) is 19.0. The van der Waals surface area contributed by atoms with Gasteiger partial charge >= 0.3 is 5.97 Å². The van der Waals surface area contributed by atoms with Gasteiger partial charge in [0, 0.05) is 17.9 Å². The second kappa shape index (κ2) is 7.08. The van der Waals surface area contributed by atoms with Gasteiger partial charge in [0.1, 0.15) is 12.6 Å². The molecular weight excluding hydrogens is 364 g/mol. The molecule has 2 aromatic rings. The zero-order valence-electron chi connectivity index (χ0n) is 14.5. The fourth-order valence-electron chi connectivity index (χ4n) is 3.56. The van der Waals surface area contributed by atoms with Crippen molar-refractivity contribution in [2.24, 2.45) is 0 Å². The van der Waals surface area contributed by atoms with E-state index in [2.05, 4.69) is 0 Å². The molecule has 2 aliphatic heterocycles. The summed E-state index contributed by atoms with van der Waals surface area (Å²) in [5.41, 5.74) is 2.60. The van der Waals surface area contributed by atoms with Gasteiger partial charge in [-0.3, -0.25) is 9.59 Å². The van der Waals surface area contributed by atoms with Crippen molar-refractivity contribution in [3.63, 3.8) is 0 Å². The van der Waals surface area contributed by atoms with E-state index in [4.69, 9.17) is 0 Å². The molecule has 0 aromatic heterocycles. The van der Waals surface area contributed by atoms with Crippen molar-refractivity contribution in [3.05, 3.63) is 59.7 Å². The number of nitrogens with zero attached hydrogens (tertiary/aromatic N) is 2. The lowest BCUT2D eigenvalue weighted by atomic mass is 9.94. The van der Waals surface area contributed by atoms with E-state index in [0.717, 1.165) is 16.0 Å². The zero-order valence-corrected chi connectivity index (χ0v) is 15.3. The van der Waals surface area contributed by atoms with Gasteiger partial charge in [-0.05, 0) is 23.3 Å². The summed E-state index contributed by atoms with van der Waals surface area (Å²) < 4.78 is 0. The summed E-state index contributed by atoms with van der Waals surface area (Å²) in [6.07, 6.45) is 0.275. The number of para-hydroxylation sites is 1. The maximum absolute atomic E-state index is 13.0. The molecule has 2 aliphatic rings. The van der Waals surface area contributed by atoms with Crippen LogP contribution in [0.4, 0.5) is 5.69 Å². The Labute approximate surface area is 160 Å². The number of fused-ring (bicyclic) bond motifs is 2. The van der Waals surface area contributed by atoms with Gasteiger partial charge in [-0.1, -0.05) is 36.4 Å². The third-order valence-electron chi connectivity index (χ3n) is 4.96. The maximum atomic E-state index is 13.0. The number of carboxylic acid groups (broad SMARTS) is 1. The van der Waals surface area contributed by atoms with Gasteiger partial charge in [0.2, 0.25) is 11.8 Å². The molecule has 0 saturated carbocycles. The summed E-state index contributed by atoms with van der Waals surface area (Å²) in [6, 6.07) is 14.1. The smallest absolute Gasteiger partial charge is 0.326 e. The van der Waals surface area contributed by atoms with E-state index in [1.165, 1.54) is 21.6 Å². The maximum Gasteiger partial charge on any atom is 0.326 e. The lowest BCUT2D eigenvalue weighted by Gasteiger charge is -2.36. The number of amides is 2. The minimum Gasteiger partial charge on any atom is -0.480 e. The van der Waals surface area contributed by atoms with Crippen molar-refractivity contribution in [2.75, 3.05) is 17.2 Å². The van der Waals surface area contributed by atoms with Crippen molar-refractivity contribution in [1.29, 1.82) is 0 Å². The van der Waals surface area contributed by atoms with Gasteiger partial charge in [-0.2, -0.15) is 0 Å². The van der Waals surface area contributed by atoms with Crippen LogP contribution in [0.25, 0.3) is 0 Å². The van der Waals surface area contributed by atoms with Gasteiger partial charge in [0.15, 0.2) is 0 Å². The third kappa shape index (κ3) is 3.30. The van der Waals surface area contributed by atoms with Crippen LogP contribution in [0.1, 0.15) is 11.1 Å². The molecule has 0 fully saturated rings. The molecule has 6 nitrogen and oxygen atoms in total. The average molecular weight is 382 g/mol. The lowest BCUT2D eigenvalue weighted by Crippen LogP contribution is -2.53. The Kier molecular flexibility index (Phi) is 4.61. The molecule has 1 N–H and O–H groups in total. The van der Waals surface area contributed by atoms with Crippen molar-refractivity contribution < 1.29 is 19.5 Å². The Bertz CT molecular complexity index is 930. The molecule has 138 valence electrons. The van der Waals surface area contributed by atoms with Crippen LogP contribution in [0, 0.1) is 0 Å². The molecule has 2 amide bonds. The van der Waals surface area contributed by atoms with Gasteiger partial charge < -0.3 is 14.9 Å². The number of carbonyl (C=O) groups is 3. The topological polar surface area (TPSA) is 77.9 Å². The Hall–Kier alpha value is -2.80. The predicted molar refractivity (Wildman–Crippen MR) is 102 cm³/mol. The first kappa shape index (κ1) is 17.6. The highest BCUT2D eigenvalue weighted by Gasteiger charge is 2.36. The van der Waals surface area contributed by atoms with Crippen molar-refractivity contribution in [2.45, 2.75) is 23.9 Å². The first-order chi connectivity index (χ1) is 13.0. The van der Waals surface area contributed by atoms with E-state index in [1.54, 1.807) is 0 Å². The van der Waals surface area contributed by atoms with E-state index < -0.39 is 12.0 Å². The Balaban J connectivity index is 1.60. The molecule has 0 spiro atoms. The van der Waals surface area contributed by atoms with E-state index in [0.29, 0.717) is 5.69 Å². The second-order valence-corrected chi connectivity index (χ2v) is 7.60. The van der Waals surface area contributed by atoms with Crippen LogP contribution in [0.3, 0.4) is 0 Å². The molecule has 0 aliphatic carbocycles. The molecule has 1 atom stereocenters. The highest BCUT2D eigenvalue weighted by atomic mass is 32.2. The van der Waals surface area contributed by atoms with Crippen LogP contribution >= 0.6 is 11.8 Å². The Morgan fingerprint density at radius 2 is 1.78 bits per heavy atom. The largest absolute Gasteiger partial charge is 0.480 e. The number of benzene rings is 2. The summed E-state index contributed by atoms with van der Waals surface area (Å²) in [7, 11) is 0. The van der Waals surface area contributed by atoms with Crippen molar-refractivity contribution in [3.8, 4) is 0 Å². The molecule has 7 heteroatoms. The fraction of sp³-hybridized carbons (Fsp3) is 0.250. The first-order valence-corrected chi connectivity index (χ1v) is 9.64. The highest BCUT2D eigenvalue weighted by Crippen LogP contribution is 2.35. The van der Waals surface area contributed by atoms with Crippen LogP contribution in [-0.4, -0.2) is 46.1 Å². The molecule has 0 bridgehead atoms. The lowest BCUT2D eigenvalue weighted by molar-refractivity contribution is -0.150. The summed E-state index contributed by atoms with van der Waals surface area (Å²) in [5.74, 6) is -1.25. The van der Waals surface area contributed by atoms with Gasteiger partial charge in [0.25, 0.3) is 0 Å². The van der Waals surface area contributed by atoms with Crippen molar-refractivity contribution in [1.82, 2.24) is 4.90 Å². The summed E-state index contributed by atoms with van der Waals surface area (Å²) in [6.45, 7) is 0.0900. The number of aliphatic carboxylic acids is 1. The predicted octanol–water partition coefficient (Wildman–Crippen LogP) is 2.16. The van der Waals surface area contributed by atoms with E-state index >= 15 is 0 Å². The molecule has 0 unspecified atom stereocenters.